The van der Waals surface area contributed by atoms with Gasteiger partial charge in [0.05, 0.1) is 12.3 Å². The molecular formula is C24H27N3O5S. The molecule has 1 aromatic rings. The Hall–Kier alpha value is -3.46. The predicted octanol–water partition coefficient (Wildman–Crippen LogP) is 3.16. The van der Waals surface area contributed by atoms with Crippen LogP contribution in [0.15, 0.2) is 60.5 Å². The van der Waals surface area contributed by atoms with Crippen LogP contribution in [0.1, 0.15) is 26.7 Å². The van der Waals surface area contributed by atoms with E-state index in [-0.39, 0.29) is 10.7 Å². The van der Waals surface area contributed by atoms with E-state index in [9.17, 15) is 14.4 Å². The number of anilines is 1. The first-order chi connectivity index (χ1) is 15.9. The van der Waals surface area contributed by atoms with Gasteiger partial charge in [0.15, 0.2) is 10.9 Å². The number of esters is 1. The molecule has 0 spiro atoms. The molecule has 0 saturated carbocycles. The van der Waals surface area contributed by atoms with E-state index in [1.54, 1.807) is 6.08 Å². The zero-order valence-electron chi connectivity index (χ0n) is 18.8. The number of unbranched alkanes of at least 4 members (excludes halogenated alkanes) is 1. The number of hydrogen-bond acceptors (Lipinski definition) is 7. The second-order valence-corrected chi connectivity index (χ2v) is 7.63. The summed E-state index contributed by atoms with van der Waals surface area (Å²) in [6.07, 6.45) is 5.67. The lowest BCUT2D eigenvalue weighted by atomic mass is 10.1. The van der Waals surface area contributed by atoms with Crippen LogP contribution in [0.3, 0.4) is 0 Å². The minimum absolute atomic E-state index is 0.0376. The van der Waals surface area contributed by atoms with Gasteiger partial charge in [-0.1, -0.05) is 18.7 Å². The van der Waals surface area contributed by atoms with E-state index in [0.717, 1.165) is 18.2 Å². The Kier molecular flexibility index (Phi) is 8.00. The lowest BCUT2D eigenvalue weighted by Gasteiger charge is -2.35. The molecule has 2 amide bonds. The minimum Gasteiger partial charge on any atom is -0.463 e. The number of carbonyl (C=O) groups is 3. The third-order valence-corrected chi connectivity index (χ3v) is 5.70. The largest absolute Gasteiger partial charge is 0.463 e. The molecule has 0 atom stereocenters. The number of nitrogens with zero attached hydrogens (tertiary/aromatic N) is 3. The third-order valence-electron chi connectivity index (χ3n) is 5.26. The van der Waals surface area contributed by atoms with Crippen LogP contribution in [-0.2, 0) is 19.1 Å². The van der Waals surface area contributed by atoms with Crippen LogP contribution in [-0.4, -0.2) is 58.9 Å². The number of amides is 2. The van der Waals surface area contributed by atoms with Crippen molar-refractivity contribution in [1.29, 1.82) is 0 Å². The van der Waals surface area contributed by atoms with Crippen LogP contribution in [0.2, 0.25) is 0 Å². The van der Waals surface area contributed by atoms with Gasteiger partial charge in [-0.2, -0.15) is 0 Å². The molecule has 0 bridgehead atoms. The normalized spacial score (nSPS) is 16.8. The Labute approximate surface area is 198 Å². The summed E-state index contributed by atoms with van der Waals surface area (Å²) >= 11 is 5.30. The smallest absolute Gasteiger partial charge is 0.330 e. The van der Waals surface area contributed by atoms with Crippen LogP contribution < -0.4 is 9.64 Å². The number of allylic oxidation sites excluding steroid dienone is 2. The van der Waals surface area contributed by atoms with Gasteiger partial charge in [0.1, 0.15) is 5.57 Å². The zero-order valence-corrected chi connectivity index (χ0v) is 19.6. The highest BCUT2D eigenvalue weighted by molar-refractivity contribution is 7.80. The highest BCUT2D eigenvalue weighted by atomic mass is 32.1. The van der Waals surface area contributed by atoms with Gasteiger partial charge in [-0.3, -0.25) is 19.4 Å². The lowest BCUT2D eigenvalue weighted by Crippen LogP contribution is -2.55. The molecule has 1 saturated heterocycles. The standard InChI is InChI=1S/C24H27N3O5S/c1-4-21(28)31-16-10-9-15-27-18-11-7-8-12-19(18)32-20(27)14-13-17-22(29)25(5-2)24(33)26(6-3)23(17)30/h4,7-8,11-14H,1,5-6,9-10,15-16H2,2-3H3/b20-14+. The van der Waals surface area contributed by atoms with Crippen LogP contribution in [0.5, 0.6) is 5.75 Å². The fourth-order valence-corrected chi connectivity index (χ4v) is 3.99. The predicted molar refractivity (Wildman–Crippen MR) is 128 cm³/mol. The third kappa shape index (κ3) is 5.14. The van der Waals surface area contributed by atoms with Crippen molar-refractivity contribution < 1.29 is 23.9 Å². The molecule has 1 aromatic carbocycles. The highest BCUT2D eigenvalue weighted by Crippen LogP contribution is 2.38. The summed E-state index contributed by atoms with van der Waals surface area (Å²) < 4.78 is 11.0. The Balaban J connectivity index is 1.81. The number of benzene rings is 1. The number of rotatable bonds is 9. The second kappa shape index (κ2) is 10.9. The first-order valence-corrected chi connectivity index (χ1v) is 11.3. The van der Waals surface area contributed by atoms with Crippen molar-refractivity contribution in [3.05, 3.63) is 60.5 Å². The van der Waals surface area contributed by atoms with Gasteiger partial charge < -0.3 is 14.4 Å². The second-order valence-electron chi connectivity index (χ2n) is 7.27. The van der Waals surface area contributed by atoms with Crippen molar-refractivity contribution >= 4 is 40.8 Å². The molecule has 3 rings (SSSR count). The maximum atomic E-state index is 12.9. The molecule has 174 valence electrons. The average molecular weight is 470 g/mol. The monoisotopic (exact) mass is 469 g/mol. The number of carbonyl (C=O) groups excluding carboxylic acids is 3. The van der Waals surface area contributed by atoms with Gasteiger partial charge in [-0.15, -0.1) is 0 Å². The summed E-state index contributed by atoms with van der Waals surface area (Å²) in [5.41, 5.74) is 0.925. The summed E-state index contributed by atoms with van der Waals surface area (Å²) in [7, 11) is 0. The topological polar surface area (TPSA) is 79.4 Å². The van der Waals surface area contributed by atoms with Crippen LogP contribution in [0.4, 0.5) is 5.69 Å². The van der Waals surface area contributed by atoms with Gasteiger partial charge in [0.25, 0.3) is 11.8 Å². The van der Waals surface area contributed by atoms with Gasteiger partial charge >= 0.3 is 5.97 Å². The Morgan fingerprint density at radius 2 is 1.73 bits per heavy atom. The summed E-state index contributed by atoms with van der Waals surface area (Å²) in [4.78, 5) is 41.7. The maximum absolute atomic E-state index is 12.9. The Bertz CT molecular complexity index is 1000. The van der Waals surface area contributed by atoms with Crippen molar-refractivity contribution in [2.45, 2.75) is 26.7 Å². The van der Waals surface area contributed by atoms with Gasteiger partial charge in [-0.25, -0.2) is 4.79 Å². The SMILES string of the molecule is C=CC(=O)OCCCCN1/C(=C\C=C2C(=O)N(CC)C(=S)N(CC)C2=O)Oc2ccccc21. The van der Waals surface area contributed by atoms with E-state index in [1.807, 2.05) is 43.0 Å². The molecule has 2 aliphatic rings. The average Bonchev–Trinajstić information content (AvgIpc) is 3.16. The number of ether oxygens (including phenoxy) is 2. The molecule has 2 heterocycles. The molecule has 2 aliphatic heterocycles. The summed E-state index contributed by atoms with van der Waals surface area (Å²) in [6, 6.07) is 7.58. The molecule has 0 N–H and O–H groups in total. The summed E-state index contributed by atoms with van der Waals surface area (Å²) in [5, 5.41) is 0.225. The van der Waals surface area contributed by atoms with E-state index < -0.39 is 17.8 Å². The molecule has 0 radical (unpaired) electrons. The molecule has 0 aliphatic carbocycles. The lowest BCUT2D eigenvalue weighted by molar-refractivity contribution is -0.138. The molecule has 9 heteroatoms. The number of likely N-dealkylation sites (N-methyl/N-ethyl adjacent to an activating group) is 2. The molecule has 1 fully saturated rings. The number of para-hydroxylation sites is 2. The van der Waals surface area contributed by atoms with Gasteiger partial charge in [0, 0.05) is 25.7 Å². The van der Waals surface area contributed by atoms with E-state index >= 15 is 0 Å². The maximum Gasteiger partial charge on any atom is 0.330 e. The Morgan fingerprint density at radius 1 is 1.06 bits per heavy atom. The minimum atomic E-state index is -0.444. The highest BCUT2D eigenvalue weighted by Gasteiger charge is 2.37. The fourth-order valence-electron chi connectivity index (χ4n) is 3.57. The molecule has 33 heavy (non-hydrogen) atoms. The first kappa shape index (κ1) is 24.2. The van der Waals surface area contributed by atoms with Crippen molar-refractivity contribution in [2.24, 2.45) is 0 Å². The van der Waals surface area contributed by atoms with Crippen LogP contribution in [0.25, 0.3) is 0 Å². The van der Waals surface area contributed by atoms with Crippen molar-refractivity contribution in [3.63, 3.8) is 0 Å². The summed E-state index contributed by atoms with van der Waals surface area (Å²) in [5.74, 6) is -0.0828. The van der Waals surface area contributed by atoms with Crippen LogP contribution >= 0.6 is 12.2 Å². The van der Waals surface area contributed by atoms with Crippen LogP contribution in [0, 0.1) is 0 Å². The quantitative estimate of drug-likeness (QED) is 0.181. The number of fused-ring (bicyclic) bond motifs is 1. The van der Waals surface area contributed by atoms with Crippen molar-refractivity contribution in [3.8, 4) is 5.75 Å². The molecule has 0 unspecified atom stereocenters. The zero-order chi connectivity index (χ0) is 24.0. The van der Waals surface area contributed by atoms with Crippen molar-refractivity contribution in [2.75, 3.05) is 31.1 Å². The van der Waals surface area contributed by atoms with E-state index in [4.69, 9.17) is 21.7 Å². The van der Waals surface area contributed by atoms with E-state index in [2.05, 4.69) is 6.58 Å². The van der Waals surface area contributed by atoms with Crippen molar-refractivity contribution in [1.82, 2.24) is 9.80 Å². The van der Waals surface area contributed by atoms with E-state index in [0.29, 0.717) is 44.3 Å². The molecular weight excluding hydrogens is 442 g/mol. The molecule has 8 nitrogen and oxygen atoms in total. The van der Waals surface area contributed by atoms with Gasteiger partial charge in [-0.05, 0) is 63.2 Å². The number of hydrogen-bond donors (Lipinski definition) is 0. The van der Waals surface area contributed by atoms with Gasteiger partial charge in [0.2, 0.25) is 5.88 Å². The first-order valence-electron chi connectivity index (χ1n) is 10.9. The Morgan fingerprint density at radius 3 is 2.36 bits per heavy atom. The number of thiocarbonyl (C=S) groups is 1. The van der Waals surface area contributed by atoms with E-state index in [1.165, 1.54) is 15.9 Å². The fraction of sp³-hybridized carbons (Fsp3) is 0.333. The molecule has 0 aromatic heterocycles. The summed E-state index contributed by atoms with van der Waals surface area (Å²) in [6.45, 7) is 8.66.